The zero-order valence-corrected chi connectivity index (χ0v) is 24.3. The van der Waals surface area contributed by atoms with Crippen LogP contribution in [0.1, 0.15) is 20.8 Å². The molecule has 12 heteroatoms. The summed E-state index contributed by atoms with van der Waals surface area (Å²) in [4.78, 5) is 35.4. The summed E-state index contributed by atoms with van der Waals surface area (Å²) in [6.07, 6.45) is 2.66. The molecule has 0 aliphatic carbocycles. The average molecular weight is 612 g/mol. The van der Waals surface area contributed by atoms with Crippen LogP contribution in [0.4, 0.5) is 5.13 Å². The summed E-state index contributed by atoms with van der Waals surface area (Å²) in [6.45, 7) is 2.11. The van der Waals surface area contributed by atoms with E-state index in [-0.39, 0.29) is 18.4 Å². The van der Waals surface area contributed by atoms with Crippen molar-refractivity contribution in [3.8, 4) is 28.7 Å². The van der Waals surface area contributed by atoms with E-state index in [1.54, 1.807) is 24.3 Å². The second-order valence-corrected chi connectivity index (χ2v) is 11.6. The zero-order valence-electron chi connectivity index (χ0n) is 22.7. The first-order valence-electron chi connectivity index (χ1n) is 13.0. The molecule has 0 saturated carbocycles. The molecule has 6 aromatic rings. The highest BCUT2D eigenvalue weighted by atomic mass is 32.1. The molecule has 3 aromatic heterocycles. The van der Waals surface area contributed by atoms with Gasteiger partial charge in [-0.05, 0) is 61.0 Å². The molecule has 0 spiro atoms. The molecule has 0 bridgehead atoms. The number of benzene rings is 3. The van der Waals surface area contributed by atoms with Crippen molar-refractivity contribution in [3.05, 3.63) is 76.7 Å². The number of hydrogen-bond donors (Lipinski definition) is 2. The lowest BCUT2D eigenvalue weighted by atomic mass is 10.1. The van der Waals surface area contributed by atoms with Crippen LogP contribution in [-0.2, 0) is 9.53 Å². The number of ether oxygens (including phenoxy) is 4. The Hall–Kier alpha value is -5.20. The van der Waals surface area contributed by atoms with Gasteiger partial charge in [0.25, 0.3) is 5.91 Å². The highest BCUT2D eigenvalue weighted by molar-refractivity contribution is 7.23. The number of amides is 1. The maximum Gasteiger partial charge on any atom is 0.330 e. The summed E-state index contributed by atoms with van der Waals surface area (Å²) < 4.78 is 22.4. The van der Waals surface area contributed by atoms with Crippen molar-refractivity contribution in [2.45, 2.75) is 6.92 Å². The van der Waals surface area contributed by atoms with Crippen LogP contribution in [0.2, 0.25) is 0 Å². The number of hydrogen-bond acceptors (Lipinski definition) is 11. The van der Waals surface area contributed by atoms with E-state index in [0.717, 1.165) is 31.4 Å². The fraction of sp³-hybridized carbons (Fsp3) is 0.0968. The number of phenolic OH excluding ortho intramolecular Hbond substituents is 1. The molecule has 2 N–H and O–H groups in total. The molecular weight excluding hydrogens is 590 g/mol. The van der Waals surface area contributed by atoms with Gasteiger partial charge in [-0.1, -0.05) is 11.3 Å². The number of rotatable bonds is 6. The van der Waals surface area contributed by atoms with Crippen molar-refractivity contribution in [1.82, 2.24) is 9.97 Å². The van der Waals surface area contributed by atoms with Gasteiger partial charge in [0.15, 0.2) is 16.6 Å². The van der Waals surface area contributed by atoms with Crippen LogP contribution in [0, 0.1) is 6.92 Å². The van der Waals surface area contributed by atoms with Gasteiger partial charge in [-0.25, -0.2) is 14.8 Å². The Morgan fingerprint density at radius 1 is 0.977 bits per heavy atom. The third-order valence-corrected chi connectivity index (χ3v) is 8.97. The molecule has 1 aliphatic heterocycles. The number of nitrogens with one attached hydrogen (secondary N) is 1. The van der Waals surface area contributed by atoms with E-state index in [0.29, 0.717) is 44.1 Å². The van der Waals surface area contributed by atoms with Crippen LogP contribution in [0.25, 0.3) is 37.4 Å². The highest BCUT2D eigenvalue weighted by Gasteiger charge is 2.21. The monoisotopic (exact) mass is 611 g/mol. The molecule has 43 heavy (non-hydrogen) atoms. The number of nitrogens with zero attached hydrogens (tertiary/aromatic N) is 2. The lowest BCUT2D eigenvalue weighted by Crippen LogP contribution is -2.10. The second-order valence-electron chi connectivity index (χ2n) is 9.58. The number of phenols is 1. The van der Waals surface area contributed by atoms with Gasteiger partial charge in [0.1, 0.15) is 22.1 Å². The number of thiazole rings is 1. The van der Waals surface area contributed by atoms with Crippen LogP contribution in [0.3, 0.4) is 0 Å². The van der Waals surface area contributed by atoms with Gasteiger partial charge >= 0.3 is 5.97 Å². The van der Waals surface area contributed by atoms with Crippen LogP contribution in [0.15, 0.2) is 60.7 Å². The zero-order chi connectivity index (χ0) is 29.7. The molecule has 1 aliphatic rings. The molecule has 0 atom stereocenters. The summed E-state index contributed by atoms with van der Waals surface area (Å²) >= 11 is 2.66. The first kappa shape index (κ1) is 26.7. The van der Waals surface area contributed by atoms with Crippen LogP contribution in [-0.4, -0.2) is 40.9 Å². The van der Waals surface area contributed by atoms with E-state index < -0.39 is 5.97 Å². The van der Waals surface area contributed by atoms with Gasteiger partial charge in [-0.2, -0.15) is 0 Å². The maximum absolute atomic E-state index is 13.3. The SMILES string of the molecule is COC(=O)/C=C/c1cc(Oc2ccc3nc(NC(=O)c4sc5nc6cc7c(cc6cc5c4C)OCO7)sc3c2)ccc1O. The number of pyridine rings is 1. The highest BCUT2D eigenvalue weighted by Crippen LogP contribution is 2.39. The Morgan fingerprint density at radius 3 is 2.60 bits per heavy atom. The minimum atomic E-state index is -0.536. The third-order valence-electron chi connectivity index (χ3n) is 6.84. The molecule has 0 fully saturated rings. The Morgan fingerprint density at radius 2 is 1.77 bits per heavy atom. The summed E-state index contributed by atoms with van der Waals surface area (Å²) in [6, 6.07) is 15.9. The van der Waals surface area contributed by atoms with Gasteiger partial charge in [0.05, 0.1) is 27.7 Å². The topological polar surface area (TPSA) is 129 Å². The quantitative estimate of drug-likeness (QED) is 0.151. The summed E-state index contributed by atoms with van der Waals surface area (Å²) in [7, 11) is 1.28. The van der Waals surface area contributed by atoms with Gasteiger partial charge in [-0.15, -0.1) is 11.3 Å². The summed E-state index contributed by atoms with van der Waals surface area (Å²) in [5.74, 6) is 1.56. The number of thiophene rings is 1. The number of aromatic nitrogens is 2. The smallest absolute Gasteiger partial charge is 0.330 e. The number of anilines is 1. The van der Waals surface area contributed by atoms with Gasteiger partial charge in [0.2, 0.25) is 6.79 Å². The van der Waals surface area contributed by atoms with E-state index >= 15 is 0 Å². The predicted octanol–water partition coefficient (Wildman–Crippen LogP) is 7.03. The number of aromatic hydroxyl groups is 1. The molecule has 1 amide bonds. The largest absolute Gasteiger partial charge is 0.507 e. The van der Waals surface area contributed by atoms with Crippen LogP contribution in [0.5, 0.6) is 28.7 Å². The van der Waals surface area contributed by atoms with E-state index in [1.165, 1.54) is 48.0 Å². The predicted molar refractivity (Wildman–Crippen MR) is 165 cm³/mol. The molecule has 3 aromatic carbocycles. The molecule has 4 heterocycles. The fourth-order valence-electron chi connectivity index (χ4n) is 4.67. The second kappa shape index (κ2) is 10.6. The minimum absolute atomic E-state index is 0.00349. The van der Waals surface area contributed by atoms with E-state index in [4.69, 9.17) is 19.2 Å². The first-order valence-corrected chi connectivity index (χ1v) is 14.6. The van der Waals surface area contributed by atoms with E-state index in [2.05, 4.69) is 15.0 Å². The third kappa shape index (κ3) is 5.07. The van der Waals surface area contributed by atoms with Gasteiger partial charge in [-0.3, -0.25) is 10.1 Å². The first-order chi connectivity index (χ1) is 20.8. The molecule has 0 radical (unpaired) electrons. The average Bonchev–Trinajstić information content (AvgIpc) is 3.71. The standard InChI is InChI=1S/C31H21N3O7S2/c1-15-20-10-17-11-24-25(40-14-39-24)13-22(17)32-30(20)43-28(15)29(37)34-31-33-21-6-4-19(12-26(21)42-31)41-18-5-7-23(35)16(9-18)3-8-27(36)38-2/h3-13,35H,14H2,1-2H3,(H,33,34,37)/b8-3+. The maximum atomic E-state index is 13.3. The fourth-order valence-corrected chi connectivity index (χ4v) is 6.63. The lowest BCUT2D eigenvalue weighted by Gasteiger charge is -2.07. The Bertz CT molecular complexity index is 2130. The molecule has 0 unspecified atom stereocenters. The van der Waals surface area contributed by atoms with Crippen molar-refractivity contribution in [2.75, 3.05) is 19.2 Å². The normalized spacial score (nSPS) is 12.4. The van der Waals surface area contributed by atoms with E-state index in [1.807, 2.05) is 31.2 Å². The minimum Gasteiger partial charge on any atom is -0.507 e. The number of aryl methyl sites for hydroxylation is 1. The van der Waals surface area contributed by atoms with Gasteiger partial charge < -0.3 is 24.1 Å². The summed E-state index contributed by atoms with van der Waals surface area (Å²) in [5, 5.41) is 15.3. The van der Waals surface area contributed by atoms with Crippen LogP contribution < -0.4 is 19.5 Å². The number of fused-ring (bicyclic) bond motifs is 4. The Labute approximate surface area is 251 Å². The van der Waals surface area contributed by atoms with Crippen molar-refractivity contribution >= 4 is 77.1 Å². The molecule has 7 rings (SSSR count). The molecule has 10 nitrogen and oxygen atoms in total. The van der Waals surface area contributed by atoms with Crippen molar-refractivity contribution in [3.63, 3.8) is 0 Å². The number of methoxy groups -OCH3 is 1. The van der Waals surface area contributed by atoms with Gasteiger partial charge in [0, 0.05) is 34.5 Å². The van der Waals surface area contributed by atoms with Crippen molar-refractivity contribution in [2.24, 2.45) is 0 Å². The number of carbonyl (C=O) groups excluding carboxylic acids is 2. The van der Waals surface area contributed by atoms with Crippen molar-refractivity contribution < 1.29 is 33.6 Å². The Balaban J connectivity index is 1.11. The van der Waals surface area contributed by atoms with Crippen LogP contribution >= 0.6 is 22.7 Å². The summed E-state index contributed by atoms with van der Waals surface area (Å²) in [5.41, 5.74) is 2.73. The number of esters is 1. The van der Waals surface area contributed by atoms with Crippen molar-refractivity contribution in [1.29, 1.82) is 0 Å². The molecule has 0 saturated heterocycles. The Kier molecular flexibility index (Phi) is 6.56. The lowest BCUT2D eigenvalue weighted by molar-refractivity contribution is -0.134. The molecule has 214 valence electrons. The number of carbonyl (C=O) groups is 2. The van der Waals surface area contributed by atoms with E-state index in [9.17, 15) is 14.7 Å². The molecular formula is C31H21N3O7S2.